The van der Waals surface area contributed by atoms with Gasteiger partial charge in [-0.2, -0.15) is 0 Å². The lowest BCUT2D eigenvalue weighted by molar-refractivity contribution is -0.385. The predicted molar refractivity (Wildman–Crippen MR) is 109 cm³/mol. The van der Waals surface area contributed by atoms with Gasteiger partial charge in [0, 0.05) is 28.4 Å². The van der Waals surface area contributed by atoms with Crippen molar-refractivity contribution < 1.29 is 22.7 Å². The monoisotopic (exact) mass is 430 g/mol. The van der Waals surface area contributed by atoms with Crippen molar-refractivity contribution in [3.63, 3.8) is 0 Å². The molecular weight excluding hydrogens is 412 g/mol. The Balaban J connectivity index is 1.74. The molecule has 2 aromatic carbocycles. The summed E-state index contributed by atoms with van der Waals surface area (Å²) in [7, 11) is -3.90. The second-order valence-electron chi connectivity index (χ2n) is 6.56. The zero-order chi connectivity index (χ0) is 22.1. The summed E-state index contributed by atoms with van der Waals surface area (Å²) < 4.78 is 32.3. The molecule has 1 aromatic heterocycles. The molecule has 0 atom stereocenters. The Labute approximate surface area is 172 Å². The van der Waals surface area contributed by atoms with Crippen LogP contribution in [0.15, 0.2) is 51.9 Å². The van der Waals surface area contributed by atoms with E-state index in [9.17, 15) is 23.3 Å². The minimum atomic E-state index is -3.90. The number of carbonyl (C=O) groups is 1. The topological polar surface area (TPSA) is 144 Å². The number of aromatic nitrogens is 1. The highest BCUT2D eigenvalue weighted by Gasteiger charge is 2.19. The summed E-state index contributed by atoms with van der Waals surface area (Å²) in [5.74, 6) is -0.437. The number of rotatable bonds is 6. The van der Waals surface area contributed by atoms with Crippen molar-refractivity contribution in [3.05, 3.63) is 75.0 Å². The lowest BCUT2D eigenvalue weighted by Gasteiger charge is -2.09. The van der Waals surface area contributed by atoms with Gasteiger partial charge in [0.15, 0.2) is 0 Å². The lowest BCUT2D eigenvalue weighted by Crippen LogP contribution is -2.14. The highest BCUT2D eigenvalue weighted by atomic mass is 32.2. The molecule has 2 N–H and O–H groups in total. The summed E-state index contributed by atoms with van der Waals surface area (Å²) in [6.07, 6.45) is 0. The normalized spacial score (nSPS) is 11.2. The van der Waals surface area contributed by atoms with Crippen LogP contribution in [0.1, 0.15) is 27.2 Å². The fourth-order valence-corrected chi connectivity index (χ4v) is 3.66. The number of carbonyl (C=O) groups excluding carboxylic acids is 1. The van der Waals surface area contributed by atoms with E-state index in [4.69, 9.17) is 4.52 Å². The number of nitrogens with one attached hydrogen (secondary N) is 2. The van der Waals surface area contributed by atoms with E-state index in [1.807, 2.05) is 0 Å². The van der Waals surface area contributed by atoms with E-state index in [2.05, 4.69) is 15.2 Å². The van der Waals surface area contributed by atoms with E-state index < -0.39 is 20.9 Å². The molecule has 10 nitrogen and oxygen atoms in total. The van der Waals surface area contributed by atoms with Crippen LogP contribution in [0.25, 0.3) is 0 Å². The van der Waals surface area contributed by atoms with Gasteiger partial charge in [0.25, 0.3) is 21.6 Å². The maximum atomic E-state index is 12.5. The highest BCUT2D eigenvalue weighted by Crippen LogP contribution is 2.23. The molecule has 1 heterocycles. The molecular formula is C19H18N4O6S. The molecule has 0 saturated heterocycles. The standard InChI is InChI=1S/C19H18N4O6S/c1-11-10-14(4-9-17(11)23(25)26)18(24)20-15-5-7-16(8-6-15)30(27,28)22-19-12(2)13(3)21-29-19/h4-10,22H,1-3H3,(H,20,24). The maximum Gasteiger partial charge on any atom is 0.272 e. The molecule has 0 aliphatic heterocycles. The minimum Gasteiger partial charge on any atom is -0.337 e. The SMILES string of the molecule is Cc1cc(C(=O)Nc2ccc(S(=O)(=O)Nc3onc(C)c3C)cc2)ccc1[N+](=O)[O-]. The first kappa shape index (κ1) is 21.0. The predicted octanol–water partition coefficient (Wildman–Crippen LogP) is 3.56. The third-order valence-electron chi connectivity index (χ3n) is 4.46. The Kier molecular flexibility index (Phi) is 5.56. The second-order valence-corrected chi connectivity index (χ2v) is 8.25. The Morgan fingerprint density at radius 1 is 1.10 bits per heavy atom. The van der Waals surface area contributed by atoms with Crippen molar-refractivity contribution in [2.75, 3.05) is 10.0 Å². The summed E-state index contributed by atoms with van der Waals surface area (Å²) in [5.41, 5.74) is 2.05. The van der Waals surface area contributed by atoms with E-state index >= 15 is 0 Å². The fraction of sp³-hybridized carbons (Fsp3) is 0.158. The summed E-state index contributed by atoms with van der Waals surface area (Å²) in [4.78, 5) is 22.7. The highest BCUT2D eigenvalue weighted by molar-refractivity contribution is 7.92. The van der Waals surface area contributed by atoms with E-state index in [1.54, 1.807) is 20.8 Å². The number of benzene rings is 2. The summed E-state index contributed by atoms with van der Waals surface area (Å²) in [5, 5.41) is 17.2. The molecule has 0 aliphatic carbocycles. The molecule has 0 radical (unpaired) electrons. The quantitative estimate of drug-likeness (QED) is 0.449. The number of hydrogen-bond acceptors (Lipinski definition) is 7. The van der Waals surface area contributed by atoms with Gasteiger partial charge in [0.1, 0.15) is 0 Å². The molecule has 3 rings (SSSR count). The van der Waals surface area contributed by atoms with Crippen LogP contribution in [-0.2, 0) is 10.0 Å². The van der Waals surface area contributed by atoms with Gasteiger partial charge in [-0.1, -0.05) is 5.16 Å². The van der Waals surface area contributed by atoms with Crippen LogP contribution in [0.4, 0.5) is 17.3 Å². The number of anilines is 2. The Bertz CT molecular complexity index is 1230. The van der Waals surface area contributed by atoms with Gasteiger partial charge < -0.3 is 9.84 Å². The zero-order valence-electron chi connectivity index (χ0n) is 16.3. The van der Waals surface area contributed by atoms with Gasteiger partial charge in [0.2, 0.25) is 5.88 Å². The molecule has 0 saturated carbocycles. The molecule has 0 bridgehead atoms. The molecule has 1 amide bonds. The largest absolute Gasteiger partial charge is 0.337 e. The minimum absolute atomic E-state index is 0.0277. The summed E-state index contributed by atoms with van der Waals surface area (Å²) in [6.45, 7) is 4.92. The number of amides is 1. The van der Waals surface area contributed by atoms with Gasteiger partial charge in [-0.25, -0.2) is 13.1 Å². The van der Waals surface area contributed by atoms with Crippen LogP contribution in [0.2, 0.25) is 0 Å². The number of nitro groups is 1. The Morgan fingerprint density at radius 3 is 2.30 bits per heavy atom. The molecule has 0 fully saturated rings. The van der Waals surface area contributed by atoms with E-state index in [0.29, 0.717) is 22.5 Å². The van der Waals surface area contributed by atoms with Crippen LogP contribution in [-0.4, -0.2) is 24.4 Å². The van der Waals surface area contributed by atoms with Crippen molar-refractivity contribution >= 4 is 33.2 Å². The Hall–Kier alpha value is -3.73. The van der Waals surface area contributed by atoms with Crippen LogP contribution in [0.3, 0.4) is 0 Å². The van der Waals surface area contributed by atoms with Crippen molar-refractivity contribution in [3.8, 4) is 0 Å². The van der Waals surface area contributed by atoms with E-state index in [0.717, 1.165) is 0 Å². The average molecular weight is 430 g/mol. The number of hydrogen-bond donors (Lipinski definition) is 2. The summed E-state index contributed by atoms with van der Waals surface area (Å²) >= 11 is 0. The Morgan fingerprint density at radius 2 is 1.77 bits per heavy atom. The van der Waals surface area contributed by atoms with Gasteiger partial charge in [-0.05, 0) is 57.2 Å². The lowest BCUT2D eigenvalue weighted by atomic mass is 10.1. The van der Waals surface area contributed by atoms with Crippen LogP contribution in [0, 0.1) is 30.9 Å². The van der Waals surface area contributed by atoms with E-state index in [1.165, 1.54) is 42.5 Å². The molecule has 3 aromatic rings. The fourth-order valence-electron chi connectivity index (χ4n) is 2.61. The molecule has 156 valence electrons. The molecule has 0 aliphatic rings. The summed E-state index contributed by atoms with van der Waals surface area (Å²) in [6, 6.07) is 9.56. The third kappa shape index (κ3) is 4.30. The first-order chi connectivity index (χ1) is 14.1. The molecule has 0 spiro atoms. The number of nitro benzene ring substituents is 1. The number of aryl methyl sites for hydroxylation is 2. The van der Waals surface area contributed by atoms with Crippen molar-refractivity contribution in [1.82, 2.24) is 5.16 Å². The van der Waals surface area contributed by atoms with Crippen LogP contribution in [0.5, 0.6) is 0 Å². The zero-order valence-corrected chi connectivity index (χ0v) is 17.1. The number of sulfonamides is 1. The number of nitrogens with zero attached hydrogens (tertiary/aromatic N) is 2. The first-order valence-corrected chi connectivity index (χ1v) is 10.2. The van der Waals surface area contributed by atoms with E-state index in [-0.39, 0.29) is 22.0 Å². The van der Waals surface area contributed by atoms with Crippen LogP contribution < -0.4 is 10.0 Å². The maximum absolute atomic E-state index is 12.5. The van der Waals surface area contributed by atoms with Gasteiger partial charge in [-0.15, -0.1) is 0 Å². The molecule has 11 heteroatoms. The molecule has 30 heavy (non-hydrogen) atoms. The van der Waals surface area contributed by atoms with Gasteiger partial charge >= 0.3 is 0 Å². The van der Waals surface area contributed by atoms with Crippen molar-refractivity contribution in [2.45, 2.75) is 25.7 Å². The van der Waals surface area contributed by atoms with Gasteiger partial charge in [0.05, 0.1) is 15.5 Å². The average Bonchev–Trinajstić information content (AvgIpc) is 2.99. The van der Waals surface area contributed by atoms with Gasteiger partial charge in [-0.3, -0.25) is 14.9 Å². The molecule has 0 unspecified atom stereocenters. The van der Waals surface area contributed by atoms with Crippen molar-refractivity contribution in [1.29, 1.82) is 0 Å². The second kappa shape index (κ2) is 7.95. The third-order valence-corrected chi connectivity index (χ3v) is 5.81. The smallest absolute Gasteiger partial charge is 0.272 e. The van der Waals surface area contributed by atoms with Crippen molar-refractivity contribution in [2.24, 2.45) is 0 Å². The first-order valence-electron chi connectivity index (χ1n) is 8.70. The van der Waals surface area contributed by atoms with Crippen LogP contribution >= 0.6 is 0 Å².